The minimum atomic E-state index is -0.412. The summed E-state index contributed by atoms with van der Waals surface area (Å²) in [6.45, 7) is 0. The fourth-order valence-electron chi connectivity index (χ4n) is 4.65. The molecule has 5 heteroatoms. The Bertz CT molecular complexity index is 705. The molecule has 1 aromatic rings. The van der Waals surface area contributed by atoms with Crippen LogP contribution in [0.3, 0.4) is 0 Å². The molecule has 2 saturated carbocycles. The van der Waals surface area contributed by atoms with Gasteiger partial charge in [0.1, 0.15) is 0 Å². The molecule has 0 bridgehead atoms. The molecule has 0 atom stereocenters. The lowest BCUT2D eigenvalue weighted by molar-refractivity contribution is -0.141. The third-order valence-corrected chi connectivity index (χ3v) is 6.60. The fraction of sp³-hybridized carbons (Fsp3) is 0.619. The Morgan fingerprint density at radius 3 is 2.58 bits per heavy atom. The minimum Gasteiger partial charge on any atom is -0.453 e. The molecule has 0 spiro atoms. The number of nitrogens with one attached hydrogen (secondary N) is 1. The number of aryl methyl sites for hydroxylation is 2. The van der Waals surface area contributed by atoms with Gasteiger partial charge in [-0.1, -0.05) is 18.2 Å². The largest absolute Gasteiger partial charge is 0.453 e. The van der Waals surface area contributed by atoms with Crippen LogP contribution in [0, 0.1) is 5.92 Å². The van der Waals surface area contributed by atoms with Crippen molar-refractivity contribution in [3.8, 4) is 0 Å². The molecule has 2 fully saturated rings. The summed E-state index contributed by atoms with van der Waals surface area (Å²) >= 11 is 0. The highest BCUT2D eigenvalue weighted by molar-refractivity contribution is 5.80. The summed E-state index contributed by atoms with van der Waals surface area (Å²) in [6.07, 6.45) is 6.91. The molecule has 0 saturated heterocycles. The van der Waals surface area contributed by atoms with E-state index in [0.29, 0.717) is 12.0 Å². The normalized spacial score (nSPS) is 29.2. The number of rotatable bonds is 4. The monoisotopic (exact) mass is 356 g/mol. The molecular formula is C21H28N2O3. The van der Waals surface area contributed by atoms with Crippen LogP contribution in [0.1, 0.15) is 54.7 Å². The Labute approximate surface area is 155 Å². The van der Waals surface area contributed by atoms with E-state index < -0.39 is 6.09 Å². The van der Waals surface area contributed by atoms with Gasteiger partial charge in [-0.15, -0.1) is 0 Å². The first-order chi connectivity index (χ1) is 12.5. The van der Waals surface area contributed by atoms with Crippen molar-refractivity contribution in [2.24, 2.45) is 5.92 Å². The van der Waals surface area contributed by atoms with Crippen molar-refractivity contribution in [1.82, 2.24) is 10.2 Å². The number of nitrogens with zero attached hydrogens (tertiary/aromatic N) is 1. The number of alkyl carbamates (subject to hydrolysis) is 1. The van der Waals surface area contributed by atoms with Crippen molar-refractivity contribution in [3.63, 3.8) is 0 Å². The Morgan fingerprint density at radius 1 is 1.12 bits per heavy atom. The van der Waals surface area contributed by atoms with E-state index in [1.54, 1.807) is 0 Å². The van der Waals surface area contributed by atoms with Gasteiger partial charge >= 0.3 is 6.09 Å². The van der Waals surface area contributed by atoms with E-state index in [1.807, 2.05) is 11.9 Å². The molecule has 3 aliphatic rings. The quantitative estimate of drug-likeness (QED) is 0.902. The highest BCUT2D eigenvalue weighted by Gasteiger charge is 2.41. The van der Waals surface area contributed by atoms with Gasteiger partial charge in [0.25, 0.3) is 0 Å². The lowest BCUT2D eigenvalue weighted by Crippen LogP contribution is -2.53. The van der Waals surface area contributed by atoms with Gasteiger partial charge in [-0.25, -0.2) is 4.79 Å². The zero-order valence-corrected chi connectivity index (χ0v) is 15.7. The van der Waals surface area contributed by atoms with Crippen molar-refractivity contribution in [2.45, 2.75) is 62.9 Å². The van der Waals surface area contributed by atoms with E-state index in [-0.39, 0.29) is 17.9 Å². The maximum absolute atomic E-state index is 12.6. The minimum absolute atomic E-state index is 0.0428. The SMILES string of the molecule is COC(=O)NC1CC(C(=O)N(C)C2CC(c3ccc4c(c3)CCC4)C2)C1. The number of benzene rings is 1. The molecular weight excluding hydrogens is 328 g/mol. The average Bonchev–Trinajstić information content (AvgIpc) is 3.03. The van der Waals surface area contributed by atoms with E-state index >= 15 is 0 Å². The van der Waals surface area contributed by atoms with E-state index in [2.05, 4.69) is 28.3 Å². The standard InChI is InChI=1S/C21H28N2O3/c1-23(20(24)17-9-18(10-17)22-21(25)26-2)19-11-16(12-19)15-7-6-13-4-3-5-14(13)8-15/h6-8,16-19H,3-5,9-12H2,1-2H3,(H,22,25). The molecule has 4 rings (SSSR count). The third kappa shape index (κ3) is 3.19. The first-order valence-electron chi connectivity index (χ1n) is 9.78. The zero-order chi connectivity index (χ0) is 18.3. The Kier molecular flexibility index (Phi) is 4.63. The van der Waals surface area contributed by atoms with Crippen LogP contribution in [0.4, 0.5) is 4.79 Å². The van der Waals surface area contributed by atoms with Crippen LogP contribution < -0.4 is 5.32 Å². The summed E-state index contributed by atoms with van der Waals surface area (Å²) in [4.78, 5) is 25.8. The molecule has 3 aliphatic carbocycles. The fourth-order valence-corrected chi connectivity index (χ4v) is 4.65. The van der Waals surface area contributed by atoms with Crippen LogP contribution in [0.5, 0.6) is 0 Å². The second-order valence-corrected chi connectivity index (χ2v) is 8.15. The Hall–Kier alpha value is -2.04. The van der Waals surface area contributed by atoms with Crippen molar-refractivity contribution >= 4 is 12.0 Å². The summed E-state index contributed by atoms with van der Waals surface area (Å²) in [5.74, 6) is 0.864. The van der Waals surface area contributed by atoms with Crippen LogP contribution in [0.15, 0.2) is 18.2 Å². The van der Waals surface area contributed by atoms with Crippen LogP contribution in [-0.2, 0) is 22.4 Å². The van der Waals surface area contributed by atoms with Gasteiger partial charge in [0.2, 0.25) is 5.91 Å². The molecule has 5 nitrogen and oxygen atoms in total. The third-order valence-electron chi connectivity index (χ3n) is 6.60. The number of carbonyl (C=O) groups is 2. The molecule has 0 aliphatic heterocycles. The molecule has 26 heavy (non-hydrogen) atoms. The highest BCUT2D eigenvalue weighted by atomic mass is 16.5. The molecule has 2 amide bonds. The number of methoxy groups -OCH3 is 1. The lowest BCUT2D eigenvalue weighted by Gasteiger charge is -2.45. The maximum atomic E-state index is 12.6. The molecule has 1 aromatic carbocycles. The van der Waals surface area contributed by atoms with Crippen LogP contribution in [0.2, 0.25) is 0 Å². The smallest absolute Gasteiger partial charge is 0.407 e. The summed E-state index contributed by atoms with van der Waals surface area (Å²) in [7, 11) is 3.30. The van der Waals surface area contributed by atoms with Crippen molar-refractivity contribution in [3.05, 3.63) is 34.9 Å². The number of hydrogen-bond donors (Lipinski definition) is 1. The Morgan fingerprint density at radius 2 is 1.85 bits per heavy atom. The predicted molar refractivity (Wildman–Crippen MR) is 99.1 cm³/mol. The first kappa shape index (κ1) is 17.4. The molecule has 0 radical (unpaired) electrons. The number of fused-ring (bicyclic) bond motifs is 1. The van der Waals surface area contributed by atoms with E-state index in [9.17, 15) is 9.59 Å². The van der Waals surface area contributed by atoms with Crippen LogP contribution in [-0.4, -0.2) is 43.1 Å². The van der Waals surface area contributed by atoms with Gasteiger partial charge in [0, 0.05) is 25.0 Å². The van der Waals surface area contributed by atoms with Gasteiger partial charge in [0.05, 0.1) is 7.11 Å². The Balaban J connectivity index is 1.25. The average molecular weight is 356 g/mol. The van der Waals surface area contributed by atoms with Gasteiger partial charge in [-0.2, -0.15) is 0 Å². The zero-order valence-electron chi connectivity index (χ0n) is 15.7. The van der Waals surface area contributed by atoms with Crippen molar-refractivity contribution < 1.29 is 14.3 Å². The summed E-state index contributed by atoms with van der Waals surface area (Å²) in [6, 6.07) is 7.43. The summed E-state index contributed by atoms with van der Waals surface area (Å²) in [5.41, 5.74) is 4.51. The number of carbonyl (C=O) groups excluding carboxylic acids is 2. The van der Waals surface area contributed by atoms with E-state index in [1.165, 1.54) is 43.1 Å². The number of amides is 2. The molecule has 0 unspecified atom stereocenters. The van der Waals surface area contributed by atoms with Gasteiger partial charge < -0.3 is 15.0 Å². The van der Waals surface area contributed by atoms with Crippen molar-refractivity contribution in [2.75, 3.05) is 14.2 Å². The summed E-state index contributed by atoms with van der Waals surface area (Å²) in [5, 5.41) is 2.76. The lowest BCUT2D eigenvalue weighted by atomic mass is 9.73. The second-order valence-electron chi connectivity index (χ2n) is 8.15. The molecule has 1 N–H and O–H groups in total. The number of hydrogen-bond acceptors (Lipinski definition) is 3. The van der Waals surface area contributed by atoms with Crippen molar-refractivity contribution in [1.29, 1.82) is 0 Å². The summed E-state index contributed by atoms with van der Waals surface area (Å²) < 4.78 is 4.60. The van der Waals surface area contributed by atoms with Crippen LogP contribution in [0.25, 0.3) is 0 Å². The molecule has 0 heterocycles. The maximum Gasteiger partial charge on any atom is 0.407 e. The van der Waals surface area contributed by atoms with E-state index in [0.717, 1.165) is 25.7 Å². The predicted octanol–water partition coefficient (Wildman–Crippen LogP) is 3.01. The van der Waals surface area contributed by atoms with Gasteiger partial charge in [-0.3, -0.25) is 4.79 Å². The highest BCUT2D eigenvalue weighted by Crippen LogP contribution is 2.42. The molecule has 140 valence electrons. The number of ether oxygens (including phenoxy) is 1. The molecule has 0 aromatic heterocycles. The van der Waals surface area contributed by atoms with Gasteiger partial charge in [0.15, 0.2) is 0 Å². The second kappa shape index (κ2) is 6.93. The van der Waals surface area contributed by atoms with E-state index in [4.69, 9.17) is 0 Å². The first-order valence-corrected chi connectivity index (χ1v) is 9.78. The van der Waals surface area contributed by atoms with Crippen LogP contribution >= 0.6 is 0 Å². The topological polar surface area (TPSA) is 58.6 Å². The van der Waals surface area contributed by atoms with Gasteiger partial charge in [-0.05, 0) is 67.6 Å².